The second-order valence-corrected chi connectivity index (χ2v) is 14.4. The zero-order valence-corrected chi connectivity index (χ0v) is 30.5. The van der Waals surface area contributed by atoms with Gasteiger partial charge in [-0.3, -0.25) is 0 Å². The number of fused-ring (bicyclic) bond motifs is 2. The number of unbranched alkanes of at least 4 members (excludes halogenated alkanes) is 2. The molecule has 10 nitrogen and oxygen atoms in total. The van der Waals surface area contributed by atoms with Gasteiger partial charge in [-0.05, 0) is 88.5 Å². The van der Waals surface area contributed by atoms with E-state index in [2.05, 4.69) is 31.9 Å². The quantitative estimate of drug-likeness (QED) is 0.0878. The molecule has 1 aromatic rings. The Labute approximate surface area is 298 Å². The predicted molar refractivity (Wildman–Crippen MR) is 195 cm³/mol. The van der Waals surface area contributed by atoms with Crippen molar-refractivity contribution in [3.63, 3.8) is 0 Å². The summed E-state index contributed by atoms with van der Waals surface area (Å²) in [5.74, 6) is -0.257. The first-order valence-electron chi connectivity index (χ1n) is 18.1. The van der Waals surface area contributed by atoms with Gasteiger partial charge in [0, 0.05) is 38.2 Å². The van der Waals surface area contributed by atoms with E-state index >= 15 is 0 Å². The molecule has 2 aliphatic carbocycles. The molecule has 0 aromatic heterocycles. The van der Waals surface area contributed by atoms with E-state index in [4.69, 9.17) is 28.9 Å². The van der Waals surface area contributed by atoms with E-state index in [1.165, 1.54) is 0 Å². The molecule has 0 radical (unpaired) electrons. The highest BCUT2D eigenvalue weighted by Crippen LogP contribution is 2.61. The molecule has 276 valence electrons. The summed E-state index contributed by atoms with van der Waals surface area (Å²) in [6, 6.07) is 5.23. The van der Waals surface area contributed by atoms with Crippen molar-refractivity contribution in [2.75, 3.05) is 40.1 Å². The molecule has 1 aliphatic heterocycles. The van der Waals surface area contributed by atoms with Gasteiger partial charge in [-0.1, -0.05) is 48.9 Å². The maximum absolute atomic E-state index is 13.7. The van der Waals surface area contributed by atoms with Gasteiger partial charge in [0.05, 0.1) is 24.8 Å². The van der Waals surface area contributed by atoms with Crippen LogP contribution in [0.3, 0.4) is 0 Å². The molecule has 0 saturated heterocycles. The van der Waals surface area contributed by atoms with Crippen LogP contribution in [0, 0.1) is 17.8 Å². The van der Waals surface area contributed by atoms with Crippen LogP contribution in [0.5, 0.6) is 11.5 Å². The lowest BCUT2D eigenvalue weighted by Crippen LogP contribution is -2.69. The fraction of sp³-hybridized carbons (Fsp3) is 0.600. The molecule has 3 aliphatic rings. The molecular weight excluding hydrogens is 636 g/mol. The molecule has 0 spiro atoms. The first-order valence-corrected chi connectivity index (χ1v) is 18.1. The number of aliphatic hydroxyl groups excluding tert-OH is 2. The lowest BCUT2D eigenvalue weighted by Gasteiger charge is -2.59. The van der Waals surface area contributed by atoms with E-state index < -0.39 is 29.4 Å². The van der Waals surface area contributed by atoms with Crippen molar-refractivity contribution in [1.82, 2.24) is 4.90 Å². The number of oxime groups is 1. The highest BCUT2D eigenvalue weighted by atomic mass is 16.7. The largest absolute Gasteiger partial charge is 0.490 e. The molecule has 10 heteroatoms. The number of benzene rings is 1. The lowest BCUT2D eigenvalue weighted by molar-refractivity contribution is -0.253. The van der Waals surface area contributed by atoms with Crippen LogP contribution in [-0.2, 0) is 14.3 Å². The van der Waals surface area contributed by atoms with Crippen LogP contribution in [0.15, 0.2) is 73.0 Å². The third-order valence-corrected chi connectivity index (χ3v) is 9.75. The van der Waals surface area contributed by atoms with Crippen LogP contribution in [0.2, 0.25) is 0 Å². The smallest absolute Gasteiger partial charge is 0.409 e. The number of likely N-dealkylation sites (N-methyl/N-ethyl adjacent to an activating group) is 1. The summed E-state index contributed by atoms with van der Waals surface area (Å²) in [5, 5.41) is 24.3. The van der Waals surface area contributed by atoms with Gasteiger partial charge in [-0.2, -0.15) is 0 Å². The minimum atomic E-state index is -1.33. The molecule has 1 fully saturated rings. The molecule has 6 atom stereocenters. The Bertz CT molecular complexity index is 1380. The van der Waals surface area contributed by atoms with Crippen LogP contribution in [0.1, 0.15) is 83.6 Å². The van der Waals surface area contributed by atoms with Crippen molar-refractivity contribution < 1.29 is 38.8 Å². The van der Waals surface area contributed by atoms with Gasteiger partial charge in [-0.25, -0.2) is 4.79 Å². The maximum Gasteiger partial charge on any atom is 0.409 e. The summed E-state index contributed by atoms with van der Waals surface area (Å²) in [5.41, 5.74) is 2.15. The Morgan fingerprint density at radius 1 is 1.06 bits per heavy atom. The minimum Gasteiger partial charge on any atom is -0.490 e. The van der Waals surface area contributed by atoms with E-state index in [0.29, 0.717) is 43.8 Å². The average molecular weight is 695 g/mol. The number of rotatable bonds is 19. The van der Waals surface area contributed by atoms with Crippen molar-refractivity contribution in [2.45, 2.75) is 95.5 Å². The van der Waals surface area contributed by atoms with E-state index in [0.717, 1.165) is 42.5 Å². The fourth-order valence-electron chi connectivity index (χ4n) is 7.62. The summed E-state index contributed by atoms with van der Waals surface area (Å²) in [4.78, 5) is 21.4. The van der Waals surface area contributed by atoms with Crippen molar-refractivity contribution in [3.8, 4) is 11.5 Å². The van der Waals surface area contributed by atoms with Crippen molar-refractivity contribution in [3.05, 3.63) is 73.4 Å². The van der Waals surface area contributed by atoms with Crippen molar-refractivity contribution in [2.24, 2.45) is 22.9 Å². The molecule has 1 amide bonds. The van der Waals surface area contributed by atoms with Crippen LogP contribution in [0.4, 0.5) is 4.79 Å². The minimum absolute atomic E-state index is 0.116. The molecule has 1 saturated carbocycles. The third-order valence-electron chi connectivity index (χ3n) is 9.75. The fourth-order valence-corrected chi connectivity index (χ4v) is 7.62. The third kappa shape index (κ3) is 9.00. The van der Waals surface area contributed by atoms with E-state index in [9.17, 15) is 15.0 Å². The summed E-state index contributed by atoms with van der Waals surface area (Å²) < 4.78 is 25.7. The molecule has 50 heavy (non-hydrogen) atoms. The number of hydrogen-bond acceptors (Lipinski definition) is 9. The van der Waals surface area contributed by atoms with E-state index in [1.54, 1.807) is 30.2 Å². The van der Waals surface area contributed by atoms with Gasteiger partial charge in [0.2, 0.25) is 5.79 Å². The number of ether oxygens (including phenoxy) is 4. The molecule has 4 rings (SSSR count). The first-order chi connectivity index (χ1) is 24.0. The Morgan fingerprint density at radius 3 is 2.44 bits per heavy atom. The van der Waals surface area contributed by atoms with Gasteiger partial charge >= 0.3 is 6.09 Å². The molecule has 1 aromatic carbocycles. The number of amides is 1. The van der Waals surface area contributed by atoms with E-state index in [-0.39, 0.29) is 44.2 Å². The number of allylic oxidation sites excluding steroid dienone is 1. The van der Waals surface area contributed by atoms with Gasteiger partial charge < -0.3 is 38.9 Å². The highest BCUT2D eigenvalue weighted by molar-refractivity contribution is 6.02. The number of carbonyl (C=O) groups is 1. The zero-order chi connectivity index (χ0) is 36.3. The first kappa shape index (κ1) is 39.2. The van der Waals surface area contributed by atoms with Gasteiger partial charge in [0.1, 0.15) is 29.7 Å². The van der Waals surface area contributed by atoms with Crippen LogP contribution >= 0.6 is 0 Å². The SMILES string of the molecule is C=CCCOC(=O)N(C)C1CC(=NOC(C)(C)C)C2=CC(CCCCO)C(CCCCO)C3c4cc(OCC=C)ccc4OC1(OCC=C)C23. The summed E-state index contributed by atoms with van der Waals surface area (Å²) in [6.45, 7) is 18.4. The monoisotopic (exact) mass is 694 g/mol. The molecule has 2 N–H and O–H groups in total. The predicted octanol–water partition coefficient (Wildman–Crippen LogP) is 7.33. The van der Waals surface area contributed by atoms with Gasteiger partial charge in [-0.15, -0.1) is 13.2 Å². The van der Waals surface area contributed by atoms with E-state index in [1.807, 2.05) is 32.9 Å². The van der Waals surface area contributed by atoms with Crippen molar-refractivity contribution in [1.29, 1.82) is 0 Å². The Kier molecular flexibility index (Phi) is 14.2. The molecular formula is C40H58N2O8. The number of aliphatic hydroxyl groups is 2. The molecule has 0 bridgehead atoms. The standard InChI is InChI=1S/C40H58N2O8/c1-8-11-24-47-38(45)42(7)35-27-33(41-50-39(4,5)6)31-25-28(16-12-14-20-43)30(17-13-15-21-44)36-32-26-29(46-22-9-2)18-19-34(32)49-40(35,37(31)36)48-23-10-3/h8-10,18-19,25-26,28,30,35-37,43-44H,1-3,11-17,20-24,27H2,4-7H3. The van der Waals surface area contributed by atoms with Gasteiger partial charge in [0.15, 0.2) is 0 Å². The summed E-state index contributed by atoms with van der Waals surface area (Å²) in [7, 11) is 1.72. The zero-order valence-electron chi connectivity index (χ0n) is 30.5. The highest BCUT2D eigenvalue weighted by Gasteiger charge is 2.65. The Hall–Kier alpha value is -3.60. The number of hydrogen-bond donors (Lipinski definition) is 2. The Morgan fingerprint density at radius 2 is 1.78 bits per heavy atom. The number of carbonyl (C=O) groups excluding carboxylic acids is 1. The normalized spacial score (nSPS) is 26.1. The van der Waals surface area contributed by atoms with Crippen molar-refractivity contribution >= 4 is 11.8 Å². The number of nitrogens with zero attached hydrogens (tertiary/aromatic N) is 2. The maximum atomic E-state index is 13.7. The second-order valence-electron chi connectivity index (χ2n) is 14.4. The molecule has 6 unspecified atom stereocenters. The lowest BCUT2D eigenvalue weighted by atomic mass is 9.55. The van der Waals surface area contributed by atoms with Crippen LogP contribution < -0.4 is 9.47 Å². The molecule has 1 heterocycles. The van der Waals surface area contributed by atoms with Gasteiger partial charge in [0.25, 0.3) is 0 Å². The topological polar surface area (TPSA) is 119 Å². The second kappa shape index (κ2) is 18.1. The van der Waals surface area contributed by atoms with Crippen LogP contribution in [-0.4, -0.2) is 84.4 Å². The summed E-state index contributed by atoms with van der Waals surface area (Å²) >= 11 is 0. The summed E-state index contributed by atoms with van der Waals surface area (Å²) in [6.07, 6.45) is 12.6. The average Bonchev–Trinajstić information content (AvgIpc) is 3.09. The van der Waals surface area contributed by atoms with Crippen LogP contribution in [0.25, 0.3) is 0 Å². The Balaban J connectivity index is 2.01.